The second-order valence-electron chi connectivity index (χ2n) is 5.86. The second-order valence-corrected chi connectivity index (χ2v) is 5.86. The average Bonchev–Trinajstić information content (AvgIpc) is 3.12. The molecule has 0 radical (unpaired) electrons. The fourth-order valence-electron chi connectivity index (χ4n) is 3.34. The van der Waals surface area contributed by atoms with Gasteiger partial charge >= 0.3 is 0 Å². The summed E-state index contributed by atoms with van der Waals surface area (Å²) in [5.74, 6) is -0.375. The summed E-state index contributed by atoms with van der Waals surface area (Å²) in [6, 6.07) is 12.2. The first-order valence-electron chi connectivity index (χ1n) is 7.75. The smallest absolute Gasteiger partial charge is 0.249 e. The summed E-state index contributed by atoms with van der Waals surface area (Å²) in [5, 5.41) is 8.98. The molecule has 0 saturated carbocycles. The van der Waals surface area contributed by atoms with Crippen LogP contribution >= 0.6 is 0 Å². The second kappa shape index (κ2) is 4.98. The molecule has 0 aliphatic heterocycles. The molecule has 0 bridgehead atoms. The van der Waals surface area contributed by atoms with Gasteiger partial charge in [0.05, 0.1) is 17.2 Å². The lowest BCUT2D eigenvalue weighted by Crippen LogP contribution is -2.05. The van der Waals surface area contributed by atoms with Crippen LogP contribution in [0.4, 0.5) is 4.39 Å². The van der Waals surface area contributed by atoms with Crippen molar-refractivity contribution in [2.45, 2.75) is 0 Å². The number of fused-ring (bicyclic) bond motifs is 4. The molecular weight excluding hydrogens is 319 g/mol. The molecule has 2 aromatic carbocycles. The Kier molecular flexibility index (Phi) is 2.76. The molecule has 0 unspecified atom stereocenters. The lowest BCUT2D eigenvalue weighted by atomic mass is 9.97. The molecule has 5 rings (SSSR count). The first-order valence-corrected chi connectivity index (χ1v) is 7.75. The van der Waals surface area contributed by atoms with Crippen LogP contribution in [0.5, 0.6) is 0 Å². The van der Waals surface area contributed by atoms with Crippen molar-refractivity contribution in [2.24, 2.45) is 0 Å². The van der Waals surface area contributed by atoms with Gasteiger partial charge in [0, 0.05) is 28.4 Å². The van der Waals surface area contributed by atoms with Crippen LogP contribution in [0.2, 0.25) is 0 Å². The molecule has 5 nitrogen and oxygen atoms in total. The van der Waals surface area contributed by atoms with Gasteiger partial charge < -0.3 is 4.98 Å². The maximum Gasteiger partial charge on any atom is 0.249 e. The quantitative estimate of drug-likeness (QED) is 0.460. The normalized spacial score (nSPS) is 11.6. The molecule has 3 aromatic heterocycles. The number of aromatic amines is 2. The molecule has 3 heterocycles. The van der Waals surface area contributed by atoms with E-state index in [1.165, 1.54) is 12.1 Å². The third kappa shape index (κ3) is 1.97. The molecule has 0 fully saturated rings. The van der Waals surface area contributed by atoms with Crippen LogP contribution in [-0.4, -0.2) is 20.2 Å². The Labute approximate surface area is 140 Å². The highest BCUT2D eigenvalue weighted by molar-refractivity contribution is 6.11. The fraction of sp³-hybridized carbons (Fsp3) is 0. The maximum atomic E-state index is 14.0. The third-order valence-electron chi connectivity index (χ3n) is 4.45. The van der Waals surface area contributed by atoms with Gasteiger partial charge in [0.25, 0.3) is 0 Å². The van der Waals surface area contributed by atoms with Crippen molar-refractivity contribution in [1.29, 1.82) is 0 Å². The zero-order valence-electron chi connectivity index (χ0n) is 12.9. The minimum atomic E-state index is -0.375. The number of H-pyrrole nitrogens is 2. The van der Waals surface area contributed by atoms with Crippen molar-refractivity contribution in [3.05, 3.63) is 71.0 Å². The van der Waals surface area contributed by atoms with Crippen LogP contribution in [0.1, 0.15) is 0 Å². The monoisotopic (exact) mass is 330 g/mol. The van der Waals surface area contributed by atoms with E-state index < -0.39 is 0 Å². The van der Waals surface area contributed by atoms with Crippen molar-refractivity contribution < 1.29 is 4.39 Å². The van der Waals surface area contributed by atoms with Gasteiger partial charge in [-0.05, 0) is 35.4 Å². The number of hydrogen-bond donors (Lipinski definition) is 2. The van der Waals surface area contributed by atoms with E-state index in [-0.39, 0.29) is 11.4 Å². The van der Waals surface area contributed by atoms with Gasteiger partial charge in [-0.25, -0.2) is 4.39 Å². The lowest BCUT2D eigenvalue weighted by molar-refractivity contribution is 0.636. The maximum absolute atomic E-state index is 14.0. The van der Waals surface area contributed by atoms with Crippen molar-refractivity contribution in [2.75, 3.05) is 0 Å². The minimum absolute atomic E-state index is 0.222. The van der Waals surface area contributed by atoms with Gasteiger partial charge in [-0.1, -0.05) is 12.1 Å². The van der Waals surface area contributed by atoms with Crippen molar-refractivity contribution in [3.8, 4) is 11.1 Å². The summed E-state index contributed by atoms with van der Waals surface area (Å²) in [7, 11) is 0. The molecule has 5 aromatic rings. The van der Waals surface area contributed by atoms with Crippen molar-refractivity contribution in [1.82, 2.24) is 20.2 Å². The lowest BCUT2D eigenvalue weighted by Gasteiger charge is -2.10. The van der Waals surface area contributed by atoms with Gasteiger partial charge in [0.1, 0.15) is 11.3 Å². The first-order chi connectivity index (χ1) is 12.2. The highest BCUT2D eigenvalue weighted by Crippen LogP contribution is 2.34. The highest BCUT2D eigenvalue weighted by atomic mass is 19.1. The standard InChI is InChI=1S/C19H11FN4O/c20-15-5-3-10(14-9-22-24-19(14)15)13-8-17(25)23-18-11(13)4-6-16-12(18)2-1-7-21-16/h1-9H,(H,22,24)(H,23,25). The topological polar surface area (TPSA) is 74.4 Å². The number of halogens is 1. The first kappa shape index (κ1) is 13.9. The Morgan fingerprint density at radius 3 is 2.76 bits per heavy atom. The number of rotatable bonds is 1. The molecule has 0 aliphatic carbocycles. The number of benzene rings is 2. The molecule has 25 heavy (non-hydrogen) atoms. The number of pyridine rings is 2. The summed E-state index contributed by atoms with van der Waals surface area (Å²) >= 11 is 0. The Balaban J connectivity index is 1.96. The van der Waals surface area contributed by atoms with Gasteiger partial charge in [-0.3, -0.25) is 14.9 Å². The average molecular weight is 330 g/mol. The largest absolute Gasteiger partial charge is 0.321 e. The molecule has 2 N–H and O–H groups in total. The van der Waals surface area contributed by atoms with E-state index in [1.54, 1.807) is 18.5 Å². The van der Waals surface area contributed by atoms with Crippen LogP contribution in [0.25, 0.3) is 43.8 Å². The number of aromatic nitrogens is 4. The van der Waals surface area contributed by atoms with Gasteiger partial charge in [0.2, 0.25) is 5.56 Å². The van der Waals surface area contributed by atoms with Gasteiger partial charge in [-0.15, -0.1) is 0 Å². The van der Waals surface area contributed by atoms with Crippen LogP contribution in [0.15, 0.2) is 59.7 Å². The molecule has 6 heteroatoms. The van der Waals surface area contributed by atoms with Crippen molar-refractivity contribution in [3.63, 3.8) is 0 Å². The summed E-state index contributed by atoms with van der Waals surface area (Å²) in [5.41, 5.74) is 3.11. The Morgan fingerprint density at radius 2 is 1.84 bits per heavy atom. The zero-order valence-corrected chi connectivity index (χ0v) is 12.9. The zero-order chi connectivity index (χ0) is 17.0. The van der Waals surface area contributed by atoms with E-state index in [1.807, 2.05) is 24.3 Å². The van der Waals surface area contributed by atoms with E-state index in [4.69, 9.17) is 0 Å². The number of nitrogens with zero attached hydrogens (tertiary/aromatic N) is 2. The Morgan fingerprint density at radius 1 is 0.920 bits per heavy atom. The van der Waals surface area contributed by atoms with E-state index in [2.05, 4.69) is 20.2 Å². The molecule has 0 amide bonds. The number of nitrogens with one attached hydrogen (secondary N) is 2. The number of hydrogen-bond acceptors (Lipinski definition) is 3. The van der Waals surface area contributed by atoms with Crippen molar-refractivity contribution >= 4 is 32.7 Å². The minimum Gasteiger partial charge on any atom is -0.321 e. The molecule has 0 aliphatic rings. The van der Waals surface area contributed by atoms with E-state index >= 15 is 0 Å². The molecule has 0 spiro atoms. The summed E-state index contributed by atoms with van der Waals surface area (Å²) < 4.78 is 14.0. The Bertz CT molecular complexity index is 1340. The van der Waals surface area contributed by atoms with E-state index in [9.17, 15) is 9.18 Å². The Hall–Kier alpha value is -3.54. The summed E-state index contributed by atoms with van der Waals surface area (Å²) in [4.78, 5) is 19.5. The molecular formula is C19H11FN4O. The van der Waals surface area contributed by atoms with Crippen LogP contribution in [0.3, 0.4) is 0 Å². The molecule has 0 saturated heterocycles. The molecule has 120 valence electrons. The third-order valence-corrected chi connectivity index (χ3v) is 4.45. The predicted molar refractivity (Wildman–Crippen MR) is 94.9 cm³/mol. The van der Waals surface area contributed by atoms with E-state index in [0.29, 0.717) is 16.4 Å². The SMILES string of the molecule is O=c1cc(-c2ccc(F)c3[nH]ncc23)c2ccc3ncccc3c2[nH]1. The fourth-order valence-corrected chi connectivity index (χ4v) is 3.34. The van der Waals surface area contributed by atoms with Gasteiger partial charge in [0.15, 0.2) is 0 Å². The van der Waals surface area contributed by atoms with Crippen LogP contribution < -0.4 is 5.56 Å². The summed E-state index contributed by atoms with van der Waals surface area (Å²) in [6.07, 6.45) is 3.29. The van der Waals surface area contributed by atoms with Crippen LogP contribution in [-0.2, 0) is 0 Å². The predicted octanol–water partition coefficient (Wildman–Crippen LogP) is 3.76. The highest BCUT2D eigenvalue weighted by Gasteiger charge is 2.14. The van der Waals surface area contributed by atoms with E-state index in [0.717, 1.165) is 27.4 Å². The molecule has 0 atom stereocenters. The van der Waals surface area contributed by atoms with Gasteiger partial charge in [-0.2, -0.15) is 5.10 Å². The summed E-state index contributed by atoms with van der Waals surface area (Å²) in [6.45, 7) is 0. The van der Waals surface area contributed by atoms with Crippen LogP contribution in [0, 0.1) is 5.82 Å².